The summed E-state index contributed by atoms with van der Waals surface area (Å²) in [4.78, 5) is 41.8. The van der Waals surface area contributed by atoms with E-state index in [2.05, 4.69) is 25.3 Å². The van der Waals surface area contributed by atoms with Crippen LogP contribution in [-0.4, -0.2) is 40.2 Å². The summed E-state index contributed by atoms with van der Waals surface area (Å²) in [6, 6.07) is 23.1. The van der Waals surface area contributed by atoms with E-state index < -0.39 is 0 Å². The minimum Gasteiger partial charge on any atom is -0.383 e. The van der Waals surface area contributed by atoms with E-state index in [1.54, 1.807) is 9.25 Å². The highest BCUT2D eigenvalue weighted by atomic mass is 16.1. The van der Waals surface area contributed by atoms with Crippen molar-refractivity contribution in [1.29, 1.82) is 0 Å². The van der Waals surface area contributed by atoms with Crippen molar-refractivity contribution in [2.75, 3.05) is 11.1 Å². The monoisotopic (exact) mass is 555 g/mol. The van der Waals surface area contributed by atoms with Crippen LogP contribution in [0.25, 0.3) is 49.8 Å². The number of para-hydroxylation sites is 1. The molecule has 0 radical (unpaired) electrons. The number of hydrogen-bond acceptors (Lipinski definition) is 7. The molecule has 0 aliphatic carbocycles. The zero-order valence-electron chi connectivity index (χ0n) is 22.8. The molecule has 0 bridgehead atoms. The highest BCUT2D eigenvalue weighted by Crippen LogP contribution is 2.32. The summed E-state index contributed by atoms with van der Waals surface area (Å²) in [5, 5.41) is 9.75. The molecule has 11 heteroatoms. The van der Waals surface area contributed by atoms with Gasteiger partial charge in [-0.3, -0.25) is 19.5 Å². The Morgan fingerprint density at radius 2 is 1.83 bits per heavy atom. The van der Waals surface area contributed by atoms with E-state index in [-0.39, 0.29) is 18.0 Å². The number of fused-ring (bicyclic) bond motifs is 3. The van der Waals surface area contributed by atoms with Gasteiger partial charge in [0.1, 0.15) is 17.8 Å². The molecule has 0 spiro atoms. The number of hydrogen-bond donors (Lipinski definition) is 3. The molecule has 0 unspecified atom stereocenters. The van der Waals surface area contributed by atoms with Crippen molar-refractivity contribution in [3.63, 3.8) is 0 Å². The molecule has 7 aromatic rings. The first-order valence-corrected chi connectivity index (χ1v) is 13.3. The number of rotatable bonds is 5. The summed E-state index contributed by atoms with van der Waals surface area (Å²) in [7, 11) is 0. The molecule has 3 aromatic carbocycles. The third-order valence-corrected chi connectivity index (χ3v) is 7.27. The number of carbonyl (C=O) groups is 1. The van der Waals surface area contributed by atoms with Gasteiger partial charge in [0.25, 0.3) is 5.56 Å². The summed E-state index contributed by atoms with van der Waals surface area (Å²) in [6.07, 6.45) is 1.41. The van der Waals surface area contributed by atoms with Gasteiger partial charge in [0, 0.05) is 23.9 Å². The second-order valence-electron chi connectivity index (χ2n) is 10.1. The fraction of sp³-hybridized carbons (Fsp3) is 0.0968. The molecule has 0 fully saturated rings. The molecule has 7 rings (SSSR count). The van der Waals surface area contributed by atoms with Crippen molar-refractivity contribution < 1.29 is 4.79 Å². The Morgan fingerprint density at radius 1 is 1.00 bits per heavy atom. The zero-order chi connectivity index (χ0) is 29.0. The first-order chi connectivity index (χ1) is 20.4. The largest absolute Gasteiger partial charge is 0.383 e. The van der Waals surface area contributed by atoms with E-state index in [9.17, 15) is 9.59 Å². The molecule has 206 valence electrons. The molecular weight excluding hydrogens is 530 g/mol. The lowest BCUT2D eigenvalue weighted by Gasteiger charge is -2.16. The van der Waals surface area contributed by atoms with E-state index >= 15 is 0 Å². The number of benzene rings is 3. The zero-order valence-corrected chi connectivity index (χ0v) is 22.8. The van der Waals surface area contributed by atoms with Gasteiger partial charge in [-0.1, -0.05) is 42.5 Å². The number of anilines is 2. The predicted molar refractivity (Wildman–Crippen MR) is 163 cm³/mol. The number of pyridine rings is 1. The lowest BCUT2D eigenvalue weighted by molar-refractivity contribution is -0.114. The normalized spacial score (nSPS) is 11.5. The van der Waals surface area contributed by atoms with E-state index in [1.807, 2.05) is 79.7 Å². The second-order valence-corrected chi connectivity index (χ2v) is 10.1. The lowest BCUT2D eigenvalue weighted by atomic mass is 10.1. The third kappa shape index (κ3) is 4.15. The van der Waals surface area contributed by atoms with Gasteiger partial charge in [-0.05, 0) is 48.2 Å². The number of H-pyrrole nitrogens is 1. The van der Waals surface area contributed by atoms with E-state index in [0.29, 0.717) is 39.4 Å². The van der Waals surface area contributed by atoms with Crippen LogP contribution >= 0.6 is 0 Å². The fourth-order valence-corrected chi connectivity index (χ4v) is 5.44. The van der Waals surface area contributed by atoms with Crippen LogP contribution in [0.3, 0.4) is 0 Å². The molecule has 4 aromatic heterocycles. The molecular formula is C31H25N9O2. The molecule has 4 heterocycles. The van der Waals surface area contributed by atoms with E-state index in [0.717, 1.165) is 33.4 Å². The minimum atomic E-state index is -0.221. The first kappa shape index (κ1) is 25.1. The van der Waals surface area contributed by atoms with Crippen LogP contribution in [0, 0.1) is 6.92 Å². The van der Waals surface area contributed by atoms with Crippen LogP contribution in [0.4, 0.5) is 11.8 Å². The summed E-state index contributed by atoms with van der Waals surface area (Å²) >= 11 is 0. The van der Waals surface area contributed by atoms with Gasteiger partial charge in [-0.15, -0.1) is 0 Å². The maximum absolute atomic E-state index is 14.0. The lowest BCUT2D eigenvalue weighted by Crippen LogP contribution is -2.24. The molecule has 42 heavy (non-hydrogen) atoms. The van der Waals surface area contributed by atoms with E-state index in [1.165, 1.54) is 13.3 Å². The van der Waals surface area contributed by atoms with Gasteiger partial charge in [-0.2, -0.15) is 5.10 Å². The number of imidazole rings is 1. The molecule has 0 saturated carbocycles. The molecule has 0 aliphatic rings. The smallest absolute Gasteiger partial charge is 0.263 e. The van der Waals surface area contributed by atoms with Gasteiger partial charge < -0.3 is 10.7 Å². The number of amides is 1. The molecule has 11 nitrogen and oxygen atoms in total. The van der Waals surface area contributed by atoms with Crippen molar-refractivity contribution in [2.45, 2.75) is 20.4 Å². The van der Waals surface area contributed by atoms with Crippen LogP contribution in [0.15, 0.2) is 83.9 Å². The summed E-state index contributed by atoms with van der Waals surface area (Å²) in [5.74, 6) is 0.430. The molecule has 0 atom stereocenters. The number of carbonyl (C=O) groups excluding carboxylic acids is 1. The van der Waals surface area contributed by atoms with Crippen LogP contribution in [0.2, 0.25) is 0 Å². The Hall–Kier alpha value is -5.84. The maximum atomic E-state index is 14.0. The summed E-state index contributed by atoms with van der Waals surface area (Å²) in [5.41, 5.74) is 12.0. The van der Waals surface area contributed by atoms with Gasteiger partial charge in [0.2, 0.25) is 11.9 Å². The molecule has 1 amide bonds. The maximum Gasteiger partial charge on any atom is 0.263 e. The number of aromatic nitrogens is 7. The van der Waals surface area contributed by atoms with Gasteiger partial charge in [-0.25, -0.2) is 19.6 Å². The van der Waals surface area contributed by atoms with Crippen LogP contribution < -0.4 is 16.6 Å². The van der Waals surface area contributed by atoms with Crippen molar-refractivity contribution in [1.82, 2.24) is 34.3 Å². The van der Waals surface area contributed by atoms with Crippen LogP contribution in [0.5, 0.6) is 0 Å². The Bertz CT molecular complexity index is 2230. The number of aromatic amines is 1. The standard InChI is InChI=1S/C31H25N9O2/c1-17-7-6-8-19-13-22(40(30(42)25(17)19)21-9-4-3-5-10-21)15-39-29-26(28(32)33-16-34-29)27(38-39)20-11-12-23-24(14-20)37-31(36-23)35-18(2)41/h3-14,16H,15H2,1-2H3,(H2,32,33,34)(H2,35,36,37,41). The Balaban J connectivity index is 1.41. The van der Waals surface area contributed by atoms with Crippen LogP contribution in [0.1, 0.15) is 18.2 Å². The highest BCUT2D eigenvalue weighted by molar-refractivity contribution is 6.00. The minimum absolute atomic E-state index is 0.0997. The highest BCUT2D eigenvalue weighted by Gasteiger charge is 2.20. The quantitative estimate of drug-likeness (QED) is 0.282. The first-order valence-electron chi connectivity index (χ1n) is 13.3. The number of nitrogens with zero attached hydrogens (tertiary/aromatic N) is 6. The second kappa shape index (κ2) is 9.66. The average molecular weight is 556 g/mol. The Kier molecular flexibility index (Phi) is 5.79. The topological polar surface area (TPSA) is 149 Å². The van der Waals surface area contributed by atoms with Gasteiger partial charge >= 0.3 is 0 Å². The molecule has 0 aliphatic heterocycles. The fourth-order valence-electron chi connectivity index (χ4n) is 5.44. The number of aryl methyl sites for hydroxylation is 1. The Labute approximate surface area is 238 Å². The third-order valence-electron chi connectivity index (χ3n) is 7.27. The average Bonchev–Trinajstić information content (AvgIpc) is 3.54. The van der Waals surface area contributed by atoms with Crippen molar-refractivity contribution >= 4 is 50.5 Å². The van der Waals surface area contributed by atoms with Crippen molar-refractivity contribution in [3.8, 4) is 16.9 Å². The van der Waals surface area contributed by atoms with Gasteiger partial charge in [0.05, 0.1) is 28.4 Å². The van der Waals surface area contributed by atoms with E-state index in [4.69, 9.17) is 10.8 Å². The number of nitrogens with two attached hydrogens (primary N) is 1. The molecule has 4 N–H and O–H groups in total. The predicted octanol–water partition coefficient (Wildman–Crippen LogP) is 4.57. The number of nitrogens with one attached hydrogen (secondary N) is 2. The SMILES string of the molecule is CC(=O)Nc1nc2ccc(-c3nn(Cc4cc5cccc(C)c5c(=O)n4-c4ccccc4)c4ncnc(N)c34)cc2[nH]1. The van der Waals surface area contributed by atoms with Gasteiger partial charge in [0.15, 0.2) is 5.65 Å². The summed E-state index contributed by atoms with van der Waals surface area (Å²) < 4.78 is 3.48. The van der Waals surface area contributed by atoms with Crippen molar-refractivity contribution in [2.24, 2.45) is 0 Å². The molecule has 0 saturated heterocycles. The summed E-state index contributed by atoms with van der Waals surface area (Å²) in [6.45, 7) is 3.62. The number of nitrogen functional groups attached to an aromatic ring is 1. The van der Waals surface area contributed by atoms with Crippen LogP contribution in [-0.2, 0) is 11.3 Å². The van der Waals surface area contributed by atoms with Crippen molar-refractivity contribution in [3.05, 3.63) is 101 Å². The Morgan fingerprint density at radius 3 is 2.64 bits per heavy atom.